The number of fused-ring (bicyclic) bond motifs is 1. The molecule has 0 saturated carbocycles. The first-order valence-electron chi connectivity index (χ1n) is 6.97. The molecule has 0 aromatic heterocycles. The highest BCUT2D eigenvalue weighted by Crippen LogP contribution is 2.37. The third kappa shape index (κ3) is 2.90. The minimum Gasteiger partial charge on any atom is -0.305 e. The molecule has 1 aromatic rings. The molecule has 0 aliphatic carbocycles. The van der Waals surface area contributed by atoms with Gasteiger partial charge in [0.15, 0.2) is 0 Å². The Morgan fingerprint density at radius 3 is 2.94 bits per heavy atom. The third-order valence-electron chi connectivity index (χ3n) is 3.99. The molecule has 2 aliphatic heterocycles. The van der Waals surface area contributed by atoms with E-state index in [9.17, 15) is 0 Å². The molecule has 0 spiro atoms. The second kappa shape index (κ2) is 5.64. The number of rotatable bonds is 2. The zero-order valence-electron chi connectivity index (χ0n) is 11.1. The van der Waals surface area contributed by atoms with Gasteiger partial charge in [-0.15, -0.1) is 11.8 Å². The maximum atomic E-state index is 2.66. The van der Waals surface area contributed by atoms with Crippen molar-refractivity contribution in [2.24, 2.45) is 0 Å². The van der Waals surface area contributed by atoms with Crippen molar-refractivity contribution < 1.29 is 0 Å². The van der Waals surface area contributed by atoms with E-state index in [0.29, 0.717) is 0 Å². The van der Waals surface area contributed by atoms with Crippen molar-refractivity contribution >= 4 is 11.8 Å². The minimum atomic E-state index is 0.769. The standard InChI is InChI=1S/C15H22N2S/c1-16-7-4-8-17(10-9-16)12-14-11-13-5-2-3-6-15(13)18-14/h2-3,5-6,14H,4,7-12H2,1H3. The molecule has 1 fully saturated rings. The molecule has 1 unspecified atom stereocenters. The zero-order chi connectivity index (χ0) is 12.4. The fraction of sp³-hybridized carbons (Fsp3) is 0.600. The quantitative estimate of drug-likeness (QED) is 0.808. The predicted octanol–water partition coefficient (Wildman–Crippen LogP) is 2.34. The normalized spacial score (nSPS) is 25.9. The highest BCUT2D eigenvalue weighted by atomic mass is 32.2. The molecule has 1 aromatic carbocycles. The average molecular weight is 262 g/mol. The van der Waals surface area contributed by atoms with E-state index in [4.69, 9.17) is 0 Å². The van der Waals surface area contributed by atoms with Gasteiger partial charge in [-0.2, -0.15) is 0 Å². The lowest BCUT2D eigenvalue weighted by atomic mass is 10.1. The van der Waals surface area contributed by atoms with Crippen molar-refractivity contribution in [2.75, 3.05) is 39.8 Å². The maximum Gasteiger partial charge on any atom is 0.0263 e. The highest BCUT2D eigenvalue weighted by Gasteiger charge is 2.24. The molecule has 18 heavy (non-hydrogen) atoms. The van der Waals surface area contributed by atoms with Crippen LogP contribution in [0.5, 0.6) is 0 Å². The van der Waals surface area contributed by atoms with Crippen molar-refractivity contribution in [3.05, 3.63) is 29.8 Å². The number of hydrogen-bond donors (Lipinski definition) is 0. The molecule has 0 radical (unpaired) electrons. The Morgan fingerprint density at radius 1 is 1.17 bits per heavy atom. The van der Waals surface area contributed by atoms with Crippen LogP contribution in [0, 0.1) is 0 Å². The lowest BCUT2D eigenvalue weighted by Crippen LogP contribution is -2.34. The van der Waals surface area contributed by atoms with E-state index >= 15 is 0 Å². The number of thioether (sulfide) groups is 1. The lowest BCUT2D eigenvalue weighted by Gasteiger charge is -2.23. The van der Waals surface area contributed by atoms with Crippen molar-refractivity contribution in [1.82, 2.24) is 9.80 Å². The molecule has 2 heterocycles. The molecule has 2 aliphatic rings. The summed E-state index contributed by atoms with van der Waals surface area (Å²) in [5.74, 6) is 0. The SMILES string of the molecule is CN1CCCN(CC2Cc3ccccc3S2)CC1. The van der Waals surface area contributed by atoms with Gasteiger partial charge in [-0.1, -0.05) is 18.2 Å². The Bertz CT molecular complexity index is 382. The first kappa shape index (κ1) is 12.5. The lowest BCUT2D eigenvalue weighted by molar-refractivity contribution is 0.277. The zero-order valence-corrected chi connectivity index (χ0v) is 12.0. The average Bonchev–Trinajstić information content (AvgIpc) is 2.66. The summed E-state index contributed by atoms with van der Waals surface area (Å²) in [4.78, 5) is 6.62. The van der Waals surface area contributed by atoms with Crippen LogP contribution in [0.4, 0.5) is 0 Å². The largest absolute Gasteiger partial charge is 0.305 e. The van der Waals surface area contributed by atoms with Gasteiger partial charge in [0.25, 0.3) is 0 Å². The second-order valence-corrected chi connectivity index (χ2v) is 6.85. The van der Waals surface area contributed by atoms with Gasteiger partial charge in [0, 0.05) is 29.8 Å². The highest BCUT2D eigenvalue weighted by molar-refractivity contribution is 8.00. The Hall–Kier alpha value is -0.510. The maximum absolute atomic E-state index is 2.66. The van der Waals surface area contributed by atoms with Crippen LogP contribution in [0.15, 0.2) is 29.2 Å². The van der Waals surface area contributed by atoms with E-state index in [-0.39, 0.29) is 0 Å². The van der Waals surface area contributed by atoms with Crippen LogP contribution in [0.2, 0.25) is 0 Å². The monoisotopic (exact) mass is 262 g/mol. The summed E-state index contributed by atoms with van der Waals surface area (Å²) in [6.07, 6.45) is 2.58. The van der Waals surface area contributed by atoms with Gasteiger partial charge < -0.3 is 9.80 Å². The summed E-state index contributed by atoms with van der Waals surface area (Å²) in [5.41, 5.74) is 1.56. The molecular formula is C15H22N2S. The molecule has 0 N–H and O–H groups in total. The van der Waals surface area contributed by atoms with E-state index in [2.05, 4.69) is 52.9 Å². The fourth-order valence-electron chi connectivity index (χ4n) is 2.93. The molecule has 0 amide bonds. The van der Waals surface area contributed by atoms with Gasteiger partial charge in [0.1, 0.15) is 0 Å². The Morgan fingerprint density at radius 2 is 2.06 bits per heavy atom. The molecule has 98 valence electrons. The number of benzene rings is 1. The van der Waals surface area contributed by atoms with Crippen LogP contribution >= 0.6 is 11.8 Å². The van der Waals surface area contributed by atoms with Crippen molar-refractivity contribution in [1.29, 1.82) is 0 Å². The smallest absolute Gasteiger partial charge is 0.0263 e. The molecule has 3 rings (SSSR count). The molecule has 3 heteroatoms. The van der Waals surface area contributed by atoms with Gasteiger partial charge in [-0.05, 0) is 44.6 Å². The van der Waals surface area contributed by atoms with E-state index < -0.39 is 0 Å². The fourth-order valence-corrected chi connectivity index (χ4v) is 4.29. The third-order valence-corrected chi connectivity index (χ3v) is 5.29. The summed E-state index contributed by atoms with van der Waals surface area (Å²) in [7, 11) is 2.24. The first-order valence-corrected chi connectivity index (χ1v) is 7.85. The molecular weight excluding hydrogens is 240 g/mol. The van der Waals surface area contributed by atoms with Crippen LogP contribution in [0.1, 0.15) is 12.0 Å². The van der Waals surface area contributed by atoms with E-state index in [1.165, 1.54) is 50.5 Å². The Labute approximate surface area is 114 Å². The summed E-state index contributed by atoms with van der Waals surface area (Å²) in [6.45, 7) is 6.26. The van der Waals surface area contributed by atoms with Gasteiger partial charge in [0.2, 0.25) is 0 Å². The summed E-state index contributed by atoms with van der Waals surface area (Å²) in [5, 5.41) is 0.769. The van der Waals surface area contributed by atoms with Crippen LogP contribution in [-0.4, -0.2) is 54.8 Å². The van der Waals surface area contributed by atoms with Gasteiger partial charge in [-0.3, -0.25) is 0 Å². The first-order chi connectivity index (χ1) is 8.81. The predicted molar refractivity (Wildman–Crippen MR) is 78.3 cm³/mol. The molecule has 2 nitrogen and oxygen atoms in total. The van der Waals surface area contributed by atoms with E-state index in [1.54, 1.807) is 5.56 Å². The van der Waals surface area contributed by atoms with Crippen molar-refractivity contribution in [2.45, 2.75) is 23.0 Å². The Kier molecular flexibility index (Phi) is 3.92. The van der Waals surface area contributed by atoms with Gasteiger partial charge in [0.05, 0.1) is 0 Å². The molecule has 1 atom stereocenters. The summed E-state index contributed by atoms with van der Waals surface area (Å²) in [6, 6.07) is 8.90. The van der Waals surface area contributed by atoms with Crippen LogP contribution in [0.3, 0.4) is 0 Å². The number of hydrogen-bond acceptors (Lipinski definition) is 3. The Balaban J connectivity index is 1.56. The molecule has 0 bridgehead atoms. The minimum absolute atomic E-state index is 0.769. The number of nitrogens with zero attached hydrogens (tertiary/aromatic N) is 2. The van der Waals surface area contributed by atoms with E-state index in [0.717, 1.165) is 5.25 Å². The molecule has 1 saturated heterocycles. The summed E-state index contributed by atoms with van der Waals surface area (Å²) >= 11 is 2.08. The summed E-state index contributed by atoms with van der Waals surface area (Å²) < 4.78 is 0. The van der Waals surface area contributed by atoms with Crippen molar-refractivity contribution in [3.63, 3.8) is 0 Å². The van der Waals surface area contributed by atoms with Crippen LogP contribution in [-0.2, 0) is 6.42 Å². The van der Waals surface area contributed by atoms with E-state index in [1.807, 2.05) is 0 Å². The van der Waals surface area contributed by atoms with Crippen LogP contribution < -0.4 is 0 Å². The topological polar surface area (TPSA) is 6.48 Å². The number of likely N-dealkylation sites (N-methyl/N-ethyl adjacent to an activating group) is 1. The van der Waals surface area contributed by atoms with Crippen LogP contribution in [0.25, 0.3) is 0 Å². The van der Waals surface area contributed by atoms with Gasteiger partial charge >= 0.3 is 0 Å². The van der Waals surface area contributed by atoms with Crippen molar-refractivity contribution in [3.8, 4) is 0 Å². The second-order valence-electron chi connectivity index (χ2n) is 5.51. The van der Waals surface area contributed by atoms with Gasteiger partial charge in [-0.25, -0.2) is 0 Å².